The smallest absolute Gasteiger partial charge is 0.223 e. The van der Waals surface area contributed by atoms with Gasteiger partial charge < -0.3 is 28.8 Å². The highest BCUT2D eigenvalue weighted by Gasteiger charge is 2.57. The van der Waals surface area contributed by atoms with Crippen molar-refractivity contribution in [3.63, 3.8) is 0 Å². The third kappa shape index (κ3) is 9.29. The van der Waals surface area contributed by atoms with Crippen LogP contribution < -0.4 is 0 Å². The van der Waals surface area contributed by atoms with Gasteiger partial charge in [-0.1, -0.05) is 170 Å². The highest BCUT2D eigenvalue weighted by Crippen LogP contribution is 2.44. The Balaban J connectivity index is 1.16. The molecule has 6 nitrogen and oxygen atoms in total. The van der Waals surface area contributed by atoms with Crippen LogP contribution in [-0.4, -0.2) is 36.1 Å². The molecule has 1 saturated heterocycles. The molecular formula is C53H48O6S. The van der Waals surface area contributed by atoms with Crippen molar-refractivity contribution < 1.29 is 28.8 Å². The maximum absolute atomic E-state index is 13.7. The van der Waals surface area contributed by atoms with Crippen molar-refractivity contribution in [2.75, 3.05) is 6.61 Å². The van der Waals surface area contributed by atoms with E-state index < -0.39 is 30.2 Å². The van der Waals surface area contributed by atoms with E-state index in [1.807, 2.05) is 140 Å². The summed E-state index contributed by atoms with van der Waals surface area (Å²) in [4.78, 5) is 1.23. The fourth-order valence-corrected chi connectivity index (χ4v) is 9.26. The van der Waals surface area contributed by atoms with Crippen LogP contribution in [0.15, 0.2) is 188 Å². The molecule has 0 saturated carbocycles. The summed E-state index contributed by atoms with van der Waals surface area (Å²) in [7, 11) is 0. The molecule has 1 fully saturated rings. The highest BCUT2D eigenvalue weighted by molar-refractivity contribution is 7.19. The van der Waals surface area contributed by atoms with Gasteiger partial charge in [0, 0.05) is 21.6 Å². The molecule has 60 heavy (non-hydrogen) atoms. The van der Waals surface area contributed by atoms with Crippen molar-refractivity contribution in [1.82, 2.24) is 0 Å². The van der Waals surface area contributed by atoms with Gasteiger partial charge in [-0.3, -0.25) is 0 Å². The van der Waals surface area contributed by atoms with Crippen LogP contribution in [0.3, 0.4) is 0 Å². The summed E-state index contributed by atoms with van der Waals surface area (Å²) in [5.74, 6) is -2.00. The SMILES string of the molecule is OC1(c2cc(Cc3cc4ccccc4s3)cc3ccccc23)O[C@H](COCc2ccccc2)[C@H](OCc2ccccc2)[C@H](OCc2ccccc2)[C@H]1OCc1ccccc1. The van der Waals surface area contributed by atoms with E-state index in [1.165, 1.54) is 15.0 Å². The average Bonchev–Trinajstić information content (AvgIpc) is 3.71. The van der Waals surface area contributed by atoms with E-state index in [9.17, 15) is 5.11 Å². The van der Waals surface area contributed by atoms with Crippen LogP contribution in [0.5, 0.6) is 0 Å². The van der Waals surface area contributed by atoms with E-state index in [-0.39, 0.29) is 19.8 Å². The van der Waals surface area contributed by atoms with Gasteiger partial charge in [0.25, 0.3) is 0 Å². The summed E-state index contributed by atoms with van der Waals surface area (Å²) in [6.45, 7) is 1.27. The van der Waals surface area contributed by atoms with Crippen LogP contribution in [0.1, 0.15) is 38.3 Å². The van der Waals surface area contributed by atoms with E-state index in [1.54, 1.807) is 11.3 Å². The zero-order valence-electron chi connectivity index (χ0n) is 33.3. The predicted octanol–water partition coefficient (Wildman–Crippen LogP) is 11.2. The van der Waals surface area contributed by atoms with Crippen LogP contribution >= 0.6 is 11.3 Å². The third-order valence-electron chi connectivity index (χ3n) is 11.1. The number of ether oxygens (including phenoxy) is 5. The second kappa shape index (κ2) is 18.8. The van der Waals surface area contributed by atoms with E-state index >= 15 is 0 Å². The molecule has 0 bridgehead atoms. The number of hydrogen-bond donors (Lipinski definition) is 1. The molecule has 302 valence electrons. The highest BCUT2D eigenvalue weighted by atomic mass is 32.1. The Morgan fingerprint density at radius 2 is 1.02 bits per heavy atom. The van der Waals surface area contributed by atoms with Gasteiger partial charge in [-0.25, -0.2) is 0 Å². The topological polar surface area (TPSA) is 66.4 Å². The molecule has 1 aromatic heterocycles. The Labute approximate surface area is 355 Å². The Morgan fingerprint density at radius 3 is 1.63 bits per heavy atom. The first kappa shape index (κ1) is 40.0. The molecule has 1 aliphatic rings. The van der Waals surface area contributed by atoms with Crippen molar-refractivity contribution in [3.8, 4) is 0 Å². The lowest BCUT2D eigenvalue weighted by molar-refractivity contribution is -0.378. The fourth-order valence-electron chi connectivity index (χ4n) is 8.17. The molecule has 0 radical (unpaired) electrons. The zero-order valence-corrected chi connectivity index (χ0v) is 34.2. The normalized spacial score (nSPS) is 20.4. The van der Waals surface area contributed by atoms with Gasteiger partial charge in [0.05, 0.1) is 33.0 Å². The van der Waals surface area contributed by atoms with Crippen molar-refractivity contribution in [1.29, 1.82) is 0 Å². The molecule has 5 atom stereocenters. The van der Waals surface area contributed by atoms with Crippen LogP contribution in [0.2, 0.25) is 0 Å². The number of thiophene rings is 1. The maximum atomic E-state index is 13.7. The van der Waals surface area contributed by atoms with Gasteiger partial charge in [-0.05, 0) is 62.2 Å². The Hall–Kier alpha value is -5.48. The van der Waals surface area contributed by atoms with E-state index in [2.05, 4.69) is 48.5 Å². The van der Waals surface area contributed by atoms with E-state index in [0.717, 1.165) is 38.6 Å². The van der Waals surface area contributed by atoms with E-state index in [4.69, 9.17) is 23.7 Å². The van der Waals surface area contributed by atoms with Gasteiger partial charge in [0.15, 0.2) is 0 Å². The van der Waals surface area contributed by atoms with Crippen LogP contribution in [0.25, 0.3) is 20.9 Å². The molecule has 9 rings (SSSR count). The van der Waals surface area contributed by atoms with Gasteiger partial charge in [0.2, 0.25) is 5.79 Å². The first-order chi connectivity index (χ1) is 29.6. The van der Waals surface area contributed by atoms with Crippen LogP contribution in [0, 0.1) is 0 Å². The first-order valence-corrected chi connectivity index (χ1v) is 21.4. The Morgan fingerprint density at radius 1 is 0.500 bits per heavy atom. The maximum Gasteiger partial charge on any atom is 0.223 e. The minimum absolute atomic E-state index is 0.132. The molecule has 8 aromatic rings. The fraction of sp³-hybridized carbons (Fsp3) is 0.208. The zero-order chi connectivity index (χ0) is 40.6. The molecular weight excluding hydrogens is 765 g/mol. The van der Waals surface area contributed by atoms with Gasteiger partial charge >= 0.3 is 0 Å². The number of hydrogen-bond acceptors (Lipinski definition) is 7. The first-order valence-electron chi connectivity index (χ1n) is 20.6. The number of aliphatic hydroxyl groups is 1. The molecule has 0 spiro atoms. The number of benzene rings is 7. The summed E-state index contributed by atoms with van der Waals surface area (Å²) in [5.41, 5.74) is 5.65. The Bertz CT molecular complexity index is 2550. The van der Waals surface area contributed by atoms with Crippen molar-refractivity contribution in [2.24, 2.45) is 0 Å². The van der Waals surface area contributed by atoms with Crippen LogP contribution in [-0.2, 0) is 62.3 Å². The largest absolute Gasteiger partial charge is 0.374 e. The molecule has 7 aromatic carbocycles. The third-order valence-corrected chi connectivity index (χ3v) is 12.2. The van der Waals surface area contributed by atoms with Crippen molar-refractivity contribution in [3.05, 3.63) is 226 Å². The lowest BCUT2D eigenvalue weighted by atomic mass is 9.84. The van der Waals surface area contributed by atoms with Crippen molar-refractivity contribution in [2.45, 2.75) is 63.1 Å². The lowest BCUT2D eigenvalue weighted by Gasteiger charge is -2.50. The predicted molar refractivity (Wildman–Crippen MR) is 239 cm³/mol. The standard InChI is InChI=1S/C53H48O6S/c54-53(47-31-42(29-43-25-13-15-27-46(43)47)30-45-32-44-26-14-16-28-49(44)60-45)52(58-36-41-23-11-4-12-24-41)51(57-35-40-21-9-3-10-22-40)50(56-34-39-19-7-2-8-20-39)48(59-53)37-55-33-38-17-5-1-6-18-38/h1-29,31-32,48,50-52,54H,30,33-37H2/t48-,50+,51+,52-,53?/m1/s1. The van der Waals surface area contributed by atoms with Gasteiger partial charge in [-0.15, -0.1) is 11.3 Å². The monoisotopic (exact) mass is 812 g/mol. The summed E-state index contributed by atoms with van der Waals surface area (Å²) in [6, 6.07) is 63.4. The Kier molecular flexibility index (Phi) is 12.5. The van der Waals surface area contributed by atoms with Crippen molar-refractivity contribution >= 4 is 32.2 Å². The number of rotatable bonds is 16. The summed E-state index contributed by atoms with van der Waals surface area (Å²) >= 11 is 1.79. The summed E-state index contributed by atoms with van der Waals surface area (Å²) in [6.07, 6.45) is -2.60. The summed E-state index contributed by atoms with van der Waals surface area (Å²) in [5, 5.41) is 16.8. The minimum atomic E-state index is -2.00. The molecule has 2 heterocycles. The molecule has 0 aliphatic carbocycles. The molecule has 1 aliphatic heterocycles. The minimum Gasteiger partial charge on any atom is -0.374 e. The molecule has 0 amide bonds. The van der Waals surface area contributed by atoms with Gasteiger partial charge in [-0.2, -0.15) is 0 Å². The van der Waals surface area contributed by atoms with Crippen LogP contribution in [0.4, 0.5) is 0 Å². The summed E-state index contributed by atoms with van der Waals surface area (Å²) < 4.78 is 35.7. The molecule has 7 heteroatoms. The van der Waals surface area contributed by atoms with Gasteiger partial charge in [0.1, 0.15) is 24.4 Å². The molecule has 1 unspecified atom stereocenters. The average molecular weight is 813 g/mol. The lowest BCUT2D eigenvalue weighted by Crippen LogP contribution is -2.65. The van der Waals surface area contributed by atoms with E-state index in [0.29, 0.717) is 25.2 Å². The quantitative estimate of drug-likeness (QED) is 0.105. The molecule has 1 N–H and O–H groups in total. The number of fused-ring (bicyclic) bond motifs is 2. The second-order valence-corrected chi connectivity index (χ2v) is 16.6. The second-order valence-electron chi connectivity index (χ2n) is 15.4.